The van der Waals surface area contributed by atoms with Crippen molar-refractivity contribution in [2.24, 2.45) is 0 Å². The Morgan fingerprint density at radius 3 is 1.80 bits per heavy atom. The van der Waals surface area contributed by atoms with Crippen molar-refractivity contribution < 1.29 is 34.5 Å². The molecule has 2 aromatic carbocycles. The van der Waals surface area contributed by atoms with Crippen LogP contribution >= 0.6 is 0 Å². The molecule has 130 valence electrons. The maximum absolute atomic E-state index is 10.6. The Balaban J connectivity index is 0.000000251. The van der Waals surface area contributed by atoms with Crippen LogP contribution in [0.3, 0.4) is 0 Å². The highest BCUT2D eigenvalue weighted by Crippen LogP contribution is 2.11. The Kier molecular flexibility index (Phi) is 6.57. The minimum Gasteiger partial charge on any atom is -0.478 e. The lowest BCUT2D eigenvalue weighted by molar-refractivity contribution is 0.0680. The Bertz CT molecular complexity index is 837. The Morgan fingerprint density at radius 1 is 0.800 bits per heavy atom. The average molecular weight is 344 g/mol. The number of carbonyl (C=O) groups excluding carboxylic acids is 1. The van der Waals surface area contributed by atoms with E-state index in [2.05, 4.69) is 0 Å². The third-order valence-electron chi connectivity index (χ3n) is 3.27. The van der Waals surface area contributed by atoms with Gasteiger partial charge in [0, 0.05) is 5.56 Å². The van der Waals surface area contributed by atoms with Crippen molar-refractivity contribution in [2.75, 3.05) is 0 Å². The second-order valence-corrected chi connectivity index (χ2v) is 5.15. The van der Waals surface area contributed by atoms with Gasteiger partial charge in [0.15, 0.2) is 6.29 Å². The second-order valence-electron chi connectivity index (χ2n) is 5.15. The number of hydrogen-bond acceptors (Lipinski definition) is 4. The van der Waals surface area contributed by atoms with Gasteiger partial charge in [-0.3, -0.25) is 4.79 Å². The molecule has 0 saturated heterocycles. The van der Waals surface area contributed by atoms with Crippen LogP contribution in [0.15, 0.2) is 36.4 Å². The summed E-state index contributed by atoms with van der Waals surface area (Å²) in [6, 6.07) is 8.56. The number of aryl methyl sites for hydroxylation is 2. The zero-order chi connectivity index (χ0) is 19.1. The molecule has 0 aliphatic heterocycles. The number of aromatic carboxylic acids is 3. The highest BCUT2D eigenvalue weighted by Gasteiger charge is 2.10. The molecule has 3 N–H and O–H groups in total. The van der Waals surface area contributed by atoms with Crippen molar-refractivity contribution in [1.29, 1.82) is 0 Å². The first-order chi connectivity index (χ1) is 11.7. The number of rotatable bonds is 4. The fourth-order valence-electron chi connectivity index (χ4n) is 2.01. The van der Waals surface area contributed by atoms with E-state index in [-0.39, 0.29) is 22.3 Å². The van der Waals surface area contributed by atoms with Gasteiger partial charge in [0.25, 0.3) is 0 Å². The molecule has 0 saturated carbocycles. The predicted octanol–water partition coefficient (Wildman–Crippen LogP) is 2.90. The third-order valence-corrected chi connectivity index (χ3v) is 3.27. The van der Waals surface area contributed by atoms with Gasteiger partial charge in [-0.2, -0.15) is 0 Å². The zero-order valence-electron chi connectivity index (χ0n) is 13.5. The lowest BCUT2D eigenvalue weighted by Crippen LogP contribution is -2.03. The summed E-state index contributed by atoms with van der Waals surface area (Å²) in [5, 5.41) is 25.9. The van der Waals surface area contributed by atoms with Gasteiger partial charge in [-0.1, -0.05) is 11.6 Å². The molecule has 0 aliphatic rings. The van der Waals surface area contributed by atoms with Crippen LogP contribution in [0, 0.1) is 13.8 Å². The topological polar surface area (TPSA) is 129 Å². The van der Waals surface area contributed by atoms with E-state index >= 15 is 0 Å². The number of hydrogen-bond donors (Lipinski definition) is 3. The molecule has 0 unspecified atom stereocenters. The molecule has 2 rings (SSSR count). The molecule has 25 heavy (non-hydrogen) atoms. The largest absolute Gasteiger partial charge is 0.478 e. The van der Waals surface area contributed by atoms with E-state index in [0.29, 0.717) is 11.8 Å². The molecule has 0 fully saturated rings. The van der Waals surface area contributed by atoms with Crippen molar-refractivity contribution in [1.82, 2.24) is 0 Å². The molecule has 0 amide bonds. The van der Waals surface area contributed by atoms with Gasteiger partial charge in [0.2, 0.25) is 0 Å². The van der Waals surface area contributed by atoms with Gasteiger partial charge < -0.3 is 15.3 Å². The average Bonchev–Trinajstić information content (AvgIpc) is 2.54. The van der Waals surface area contributed by atoms with Crippen LogP contribution in [0.25, 0.3) is 0 Å². The van der Waals surface area contributed by atoms with Crippen LogP contribution in [0.2, 0.25) is 0 Å². The van der Waals surface area contributed by atoms with Crippen LogP contribution in [-0.2, 0) is 0 Å². The molecular weight excluding hydrogens is 328 g/mol. The van der Waals surface area contributed by atoms with Gasteiger partial charge >= 0.3 is 17.9 Å². The zero-order valence-corrected chi connectivity index (χ0v) is 13.5. The van der Waals surface area contributed by atoms with E-state index in [0.717, 1.165) is 5.56 Å². The first-order valence-electron chi connectivity index (χ1n) is 7.03. The summed E-state index contributed by atoms with van der Waals surface area (Å²) >= 11 is 0. The Morgan fingerprint density at radius 2 is 1.36 bits per heavy atom. The van der Waals surface area contributed by atoms with Crippen molar-refractivity contribution in [3.8, 4) is 0 Å². The molecular formula is C18H16O7. The van der Waals surface area contributed by atoms with Gasteiger partial charge in [-0.25, -0.2) is 14.4 Å². The van der Waals surface area contributed by atoms with E-state index in [4.69, 9.17) is 15.3 Å². The first-order valence-corrected chi connectivity index (χ1v) is 7.03. The normalized spacial score (nSPS) is 9.52. The predicted molar refractivity (Wildman–Crippen MR) is 88.6 cm³/mol. The molecule has 2 aromatic rings. The molecule has 0 spiro atoms. The maximum Gasteiger partial charge on any atom is 0.336 e. The lowest BCUT2D eigenvalue weighted by Gasteiger charge is -2.01. The minimum absolute atomic E-state index is 0.0515. The van der Waals surface area contributed by atoms with Gasteiger partial charge in [-0.15, -0.1) is 0 Å². The fourth-order valence-corrected chi connectivity index (χ4v) is 2.01. The third kappa shape index (κ3) is 5.28. The summed E-state index contributed by atoms with van der Waals surface area (Å²) in [5.41, 5.74) is 1.83. The molecule has 7 heteroatoms. The minimum atomic E-state index is -1.07. The van der Waals surface area contributed by atoms with Crippen LogP contribution in [0.4, 0.5) is 0 Å². The smallest absolute Gasteiger partial charge is 0.336 e. The Hall–Kier alpha value is -3.48. The van der Waals surface area contributed by atoms with Gasteiger partial charge in [0.1, 0.15) is 0 Å². The SMILES string of the molecule is Cc1cc(C(=O)O)ccc1C(=O)O.Cc1ccc(C(=O)O)c(C=O)c1. The van der Waals surface area contributed by atoms with Crippen molar-refractivity contribution >= 4 is 24.2 Å². The maximum atomic E-state index is 10.6. The monoisotopic (exact) mass is 344 g/mol. The number of carbonyl (C=O) groups is 4. The van der Waals surface area contributed by atoms with Gasteiger partial charge in [-0.05, 0) is 49.7 Å². The highest BCUT2D eigenvalue weighted by molar-refractivity contribution is 5.97. The molecule has 0 aliphatic carbocycles. The van der Waals surface area contributed by atoms with Crippen LogP contribution in [0.5, 0.6) is 0 Å². The van der Waals surface area contributed by atoms with E-state index in [1.54, 1.807) is 26.0 Å². The summed E-state index contributed by atoms with van der Waals surface area (Å²) in [7, 11) is 0. The lowest BCUT2D eigenvalue weighted by atomic mass is 10.1. The highest BCUT2D eigenvalue weighted by atomic mass is 16.4. The Labute approximate surface area is 143 Å². The quantitative estimate of drug-likeness (QED) is 0.727. The molecule has 0 aromatic heterocycles. The standard InChI is InChI=1S/C9H8O4.C9H8O3/c1-5-4-6(8(10)11)2-3-7(5)9(12)13;1-6-2-3-8(9(11)12)7(4-6)5-10/h2-4H,1H3,(H,10,11)(H,12,13);2-5H,1H3,(H,11,12). The second kappa shape index (κ2) is 8.39. The number of aldehydes is 1. The molecule has 0 atom stereocenters. The van der Waals surface area contributed by atoms with E-state index < -0.39 is 17.9 Å². The van der Waals surface area contributed by atoms with E-state index in [9.17, 15) is 19.2 Å². The van der Waals surface area contributed by atoms with Crippen LogP contribution in [0.1, 0.15) is 52.6 Å². The summed E-state index contributed by atoms with van der Waals surface area (Å²) in [5.74, 6) is -3.17. The fraction of sp³-hybridized carbons (Fsp3) is 0.111. The summed E-state index contributed by atoms with van der Waals surface area (Å²) in [4.78, 5) is 42.0. The summed E-state index contributed by atoms with van der Waals surface area (Å²) < 4.78 is 0. The molecule has 7 nitrogen and oxygen atoms in total. The summed E-state index contributed by atoms with van der Waals surface area (Å²) in [6.07, 6.45) is 0.552. The van der Waals surface area contributed by atoms with Crippen molar-refractivity contribution in [3.63, 3.8) is 0 Å². The summed E-state index contributed by atoms with van der Waals surface area (Å²) in [6.45, 7) is 3.37. The van der Waals surface area contributed by atoms with Crippen LogP contribution < -0.4 is 0 Å². The molecule has 0 heterocycles. The first kappa shape index (κ1) is 19.6. The van der Waals surface area contributed by atoms with E-state index in [1.807, 2.05) is 0 Å². The number of carboxylic acids is 3. The number of benzene rings is 2. The van der Waals surface area contributed by atoms with Crippen molar-refractivity contribution in [2.45, 2.75) is 13.8 Å². The number of carboxylic acid groups (broad SMARTS) is 3. The molecule has 0 radical (unpaired) electrons. The van der Waals surface area contributed by atoms with Gasteiger partial charge in [0.05, 0.1) is 16.7 Å². The van der Waals surface area contributed by atoms with Crippen molar-refractivity contribution in [3.05, 3.63) is 69.8 Å². The van der Waals surface area contributed by atoms with E-state index in [1.165, 1.54) is 24.3 Å². The van der Waals surface area contributed by atoms with Crippen LogP contribution in [-0.4, -0.2) is 39.5 Å². The molecule has 0 bridgehead atoms.